The second-order valence-electron chi connectivity index (χ2n) is 6.76. The molecule has 0 amide bonds. The van der Waals surface area contributed by atoms with E-state index in [4.69, 9.17) is 0 Å². The zero-order valence-electron chi connectivity index (χ0n) is 15.4. The van der Waals surface area contributed by atoms with E-state index < -0.39 is 0 Å². The number of hydrogen-bond acceptors (Lipinski definition) is 3. The molecule has 0 radical (unpaired) electrons. The molecule has 0 atom stereocenters. The van der Waals surface area contributed by atoms with Crippen LogP contribution in [-0.4, -0.2) is 40.9 Å². The average molecular weight is 468 g/mol. The molecular formula is C19H29IN6. The first-order valence-corrected chi connectivity index (χ1v) is 9.15. The Labute approximate surface area is 172 Å². The maximum atomic E-state index is 4.36. The number of aryl methyl sites for hydroxylation is 1. The van der Waals surface area contributed by atoms with Gasteiger partial charge in [0, 0.05) is 32.1 Å². The minimum absolute atomic E-state index is 0. The molecule has 1 aromatic heterocycles. The lowest BCUT2D eigenvalue weighted by Crippen LogP contribution is -2.49. The summed E-state index contributed by atoms with van der Waals surface area (Å²) in [5, 5.41) is 14.6. The monoisotopic (exact) mass is 468 g/mol. The lowest BCUT2D eigenvalue weighted by molar-refractivity contribution is 0.244. The van der Waals surface area contributed by atoms with Crippen LogP contribution in [0.15, 0.2) is 48.0 Å². The quantitative estimate of drug-likeness (QED) is 0.271. The third kappa shape index (κ3) is 5.43. The van der Waals surface area contributed by atoms with Crippen LogP contribution < -0.4 is 10.6 Å². The van der Waals surface area contributed by atoms with Gasteiger partial charge in [-0.3, -0.25) is 4.99 Å². The first-order chi connectivity index (χ1) is 12.3. The van der Waals surface area contributed by atoms with Crippen molar-refractivity contribution >= 4 is 29.9 Å². The number of halogens is 1. The first kappa shape index (κ1) is 20.7. The maximum Gasteiger partial charge on any atom is 0.191 e. The Morgan fingerprint density at radius 2 is 1.85 bits per heavy atom. The molecule has 3 rings (SSSR count). The summed E-state index contributed by atoms with van der Waals surface area (Å²) in [6.45, 7) is 2.81. The number of benzene rings is 1. The predicted molar refractivity (Wildman–Crippen MR) is 116 cm³/mol. The zero-order valence-corrected chi connectivity index (χ0v) is 17.7. The summed E-state index contributed by atoms with van der Waals surface area (Å²) in [7, 11) is 1.84. The average Bonchev–Trinajstić information content (AvgIpc) is 3.13. The number of nitrogens with one attached hydrogen (secondary N) is 2. The van der Waals surface area contributed by atoms with E-state index in [1.807, 2.05) is 11.6 Å². The third-order valence-electron chi connectivity index (χ3n) is 5.12. The fourth-order valence-electron chi connectivity index (χ4n) is 3.40. The molecule has 0 spiro atoms. The van der Waals surface area contributed by atoms with Crippen molar-refractivity contribution in [1.82, 2.24) is 25.4 Å². The fraction of sp³-hybridized carbons (Fsp3) is 0.526. The molecule has 7 heteroatoms. The van der Waals surface area contributed by atoms with Crippen LogP contribution >= 0.6 is 24.0 Å². The van der Waals surface area contributed by atoms with Gasteiger partial charge >= 0.3 is 0 Å². The van der Waals surface area contributed by atoms with Crippen LogP contribution in [0.5, 0.6) is 0 Å². The van der Waals surface area contributed by atoms with Gasteiger partial charge in [0.15, 0.2) is 5.96 Å². The molecule has 1 fully saturated rings. The minimum Gasteiger partial charge on any atom is -0.356 e. The van der Waals surface area contributed by atoms with E-state index in [-0.39, 0.29) is 29.4 Å². The van der Waals surface area contributed by atoms with E-state index in [0.29, 0.717) is 0 Å². The number of aliphatic imine (C=N–C) groups is 1. The first-order valence-electron chi connectivity index (χ1n) is 9.15. The van der Waals surface area contributed by atoms with Gasteiger partial charge < -0.3 is 15.2 Å². The van der Waals surface area contributed by atoms with E-state index in [0.717, 1.165) is 38.4 Å². The van der Waals surface area contributed by atoms with Crippen molar-refractivity contribution in [3.8, 4) is 0 Å². The summed E-state index contributed by atoms with van der Waals surface area (Å²) in [5.74, 6) is 0.895. The van der Waals surface area contributed by atoms with Gasteiger partial charge in [0.2, 0.25) is 0 Å². The summed E-state index contributed by atoms with van der Waals surface area (Å²) in [5.41, 5.74) is 1.71. The number of aromatic nitrogens is 3. The molecule has 2 aromatic rings. The zero-order chi connectivity index (χ0) is 17.4. The van der Waals surface area contributed by atoms with Gasteiger partial charge in [-0.1, -0.05) is 36.8 Å². The molecule has 1 aromatic carbocycles. The molecule has 2 N–H and O–H groups in total. The normalized spacial score (nSPS) is 15.7. The molecule has 1 heterocycles. The Kier molecular flexibility index (Phi) is 8.34. The van der Waals surface area contributed by atoms with Crippen LogP contribution in [0, 0.1) is 0 Å². The van der Waals surface area contributed by atoms with Gasteiger partial charge in [-0.15, -0.1) is 34.2 Å². The lowest BCUT2D eigenvalue weighted by atomic mass is 9.64. The van der Waals surface area contributed by atoms with Gasteiger partial charge in [-0.2, -0.15) is 0 Å². The molecule has 26 heavy (non-hydrogen) atoms. The van der Waals surface area contributed by atoms with E-state index in [1.54, 1.807) is 12.7 Å². The smallest absolute Gasteiger partial charge is 0.191 e. The molecule has 0 saturated heterocycles. The van der Waals surface area contributed by atoms with Gasteiger partial charge in [0.25, 0.3) is 0 Å². The number of nitrogens with zero attached hydrogens (tertiary/aromatic N) is 4. The van der Waals surface area contributed by atoms with Crippen molar-refractivity contribution in [3.63, 3.8) is 0 Å². The highest BCUT2D eigenvalue weighted by atomic mass is 127. The molecule has 1 saturated carbocycles. The van der Waals surface area contributed by atoms with Crippen molar-refractivity contribution in [3.05, 3.63) is 48.5 Å². The number of rotatable bonds is 8. The van der Waals surface area contributed by atoms with Crippen LogP contribution in [0.1, 0.15) is 37.7 Å². The molecule has 1 aliphatic rings. The van der Waals surface area contributed by atoms with E-state index in [9.17, 15) is 0 Å². The molecule has 6 nitrogen and oxygen atoms in total. The van der Waals surface area contributed by atoms with Gasteiger partial charge in [-0.25, -0.2) is 0 Å². The highest BCUT2D eigenvalue weighted by molar-refractivity contribution is 14.0. The SMILES string of the molecule is CN=C(NCCCCn1cnnc1)NCC1(c2ccccc2)CCC1.I. The van der Waals surface area contributed by atoms with Crippen LogP contribution in [0.2, 0.25) is 0 Å². The topological polar surface area (TPSA) is 67.1 Å². The summed E-state index contributed by atoms with van der Waals surface area (Å²) >= 11 is 0. The second-order valence-corrected chi connectivity index (χ2v) is 6.76. The maximum absolute atomic E-state index is 4.36. The Morgan fingerprint density at radius 3 is 2.46 bits per heavy atom. The molecule has 0 bridgehead atoms. The highest BCUT2D eigenvalue weighted by Crippen LogP contribution is 2.43. The molecule has 0 unspecified atom stereocenters. The summed E-state index contributed by atoms with van der Waals surface area (Å²) in [6, 6.07) is 10.9. The largest absolute Gasteiger partial charge is 0.356 e. The van der Waals surface area contributed by atoms with E-state index >= 15 is 0 Å². The number of hydrogen-bond donors (Lipinski definition) is 2. The molecular weight excluding hydrogens is 439 g/mol. The van der Waals surface area contributed by atoms with Gasteiger partial charge in [0.1, 0.15) is 12.7 Å². The summed E-state index contributed by atoms with van der Waals surface area (Å²) < 4.78 is 2.01. The van der Waals surface area contributed by atoms with Crippen LogP contribution in [0.3, 0.4) is 0 Å². The Morgan fingerprint density at radius 1 is 1.12 bits per heavy atom. The Balaban J connectivity index is 0.00000243. The van der Waals surface area contributed by atoms with Crippen molar-refractivity contribution in [1.29, 1.82) is 0 Å². The van der Waals surface area contributed by atoms with E-state index in [2.05, 4.69) is 56.2 Å². The fourth-order valence-corrected chi connectivity index (χ4v) is 3.40. The third-order valence-corrected chi connectivity index (χ3v) is 5.12. The Bertz CT molecular complexity index is 652. The van der Waals surface area contributed by atoms with Crippen molar-refractivity contribution in [2.45, 2.75) is 44.1 Å². The standard InChI is InChI=1S/C19H28N6.HI/c1-20-18(21-12-5-6-13-25-15-23-24-16-25)22-14-19(10-7-11-19)17-8-3-2-4-9-17;/h2-4,8-9,15-16H,5-7,10-14H2,1H3,(H2,20,21,22);1H. The molecule has 1 aliphatic carbocycles. The second kappa shape index (κ2) is 10.5. The summed E-state index contributed by atoms with van der Waals surface area (Å²) in [6.07, 6.45) is 9.51. The summed E-state index contributed by atoms with van der Waals surface area (Å²) in [4.78, 5) is 4.36. The van der Waals surface area contributed by atoms with Crippen molar-refractivity contribution in [2.75, 3.05) is 20.1 Å². The Hall–Kier alpha value is -1.64. The van der Waals surface area contributed by atoms with Crippen LogP contribution in [-0.2, 0) is 12.0 Å². The number of unbranched alkanes of at least 4 members (excludes halogenated alkanes) is 1. The predicted octanol–water partition coefficient (Wildman–Crippen LogP) is 2.96. The van der Waals surface area contributed by atoms with E-state index in [1.165, 1.54) is 24.8 Å². The minimum atomic E-state index is 0. The highest BCUT2D eigenvalue weighted by Gasteiger charge is 2.38. The van der Waals surface area contributed by atoms with Crippen molar-refractivity contribution in [2.24, 2.45) is 4.99 Å². The van der Waals surface area contributed by atoms with Gasteiger partial charge in [-0.05, 0) is 31.2 Å². The van der Waals surface area contributed by atoms with Gasteiger partial charge in [0.05, 0.1) is 0 Å². The molecule has 0 aliphatic heterocycles. The van der Waals surface area contributed by atoms with Crippen LogP contribution in [0.25, 0.3) is 0 Å². The molecule has 142 valence electrons. The van der Waals surface area contributed by atoms with Crippen molar-refractivity contribution < 1.29 is 0 Å². The van der Waals surface area contributed by atoms with Crippen LogP contribution in [0.4, 0.5) is 0 Å². The lowest BCUT2D eigenvalue weighted by Gasteiger charge is -2.43. The number of guanidine groups is 1.